The highest BCUT2D eigenvalue weighted by Gasteiger charge is 2.16. The summed E-state index contributed by atoms with van der Waals surface area (Å²) < 4.78 is 8.56. The van der Waals surface area contributed by atoms with Crippen LogP contribution in [0.1, 0.15) is 0 Å². The van der Waals surface area contributed by atoms with E-state index in [9.17, 15) is 0 Å². The summed E-state index contributed by atoms with van der Waals surface area (Å²) >= 11 is 0. The Hall–Kier alpha value is -6.00. The number of furan rings is 1. The third-order valence-corrected chi connectivity index (χ3v) is 8.42. The van der Waals surface area contributed by atoms with Crippen molar-refractivity contribution in [1.82, 2.24) is 14.5 Å². The van der Waals surface area contributed by atoms with Crippen molar-refractivity contribution in [3.8, 4) is 39.6 Å². The summed E-state index contributed by atoms with van der Waals surface area (Å²) in [5, 5.41) is 4.63. The zero-order chi connectivity index (χ0) is 29.0. The number of para-hydroxylation sites is 3. The van der Waals surface area contributed by atoms with Crippen LogP contribution >= 0.6 is 0 Å². The molecule has 206 valence electrons. The molecule has 3 heterocycles. The van der Waals surface area contributed by atoms with Crippen LogP contribution in [-0.4, -0.2) is 14.5 Å². The number of hydrogen-bond acceptors (Lipinski definition) is 3. The van der Waals surface area contributed by atoms with Gasteiger partial charge in [0.15, 0.2) is 5.82 Å². The summed E-state index contributed by atoms with van der Waals surface area (Å²) in [5.41, 5.74) is 9.85. The van der Waals surface area contributed by atoms with Crippen molar-refractivity contribution < 1.29 is 4.42 Å². The molecule has 3 aromatic heterocycles. The van der Waals surface area contributed by atoms with Crippen LogP contribution in [0.4, 0.5) is 0 Å². The average Bonchev–Trinajstić information content (AvgIpc) is 3.64. The minimum atomic E-state index is 0.679. The highest BCUT2D eigenvalue weighted by molar-refractivity contribution is 6.10. The van der Waals surface area contributed by atoms with Gasteiger partial charge in [-0.1, -0.05) is 103 Å². The molecule has 0 saturated heterocycles. The van der Waals surface area contributed by atoms with Crippen molar-refractivity contribution in [2.45, 2.75) is 0 Å². The normalized spacial score (nSPS) is 11.6. The molecule has 0 N–H and O–H groups in total. The van der Waals surface area contributed by atoms with Crippen LogP contribution in [0, 0.1) is 0 Å². The van der Waals surface area contributed by atoms with Gasteiger partial charge < -0.3 is 8.98 Å². The summed E-state index contributed by atoms with van der Waals surface area (Å²) in [7, 11) is 0. The van der Waals surface area contributed by atoms with Crippen LogP contribution in [0.15, 0.2) is 156 Å². The van der Waals surface area contributed by atoms with Gasteiger partial charge in [0.25, 0.3) is 0 Å². The lowest BCUT2D eigenvalue weighted by Gasteiger charge is -2.11. The van der Waals surface area contributed by atoms with E-state index in [2.05, 4.69) is 120 Å². The number of fused-ring (bicyclic) bond motifs is 6. The van der Waals surface area contributed by atoms with Crippen molar-refractivity contribution in [3.63, 3.8) is 0 Å². The predicted octanol–water partition coefficient (Wildman–Crippen LogP) is 10.5. The molecule has 44 heavy (non-hydrogen) atoms. The first-order chi connectivity index (χ1) is 21.8. The standard InChI is InChI=1S/C40H25N3O/c1-3-11-26(12-4-1)34-25-35(27-19-22-33-32-16-8-10-18-38(32)44-39(33)24-27)42-40(41-34)28-20-21-31-30-15-7-9-17-36(30)43(37(31)23-28)29-13-5-2-6-14-29/h1-25H. The Morgan fingerprint density at radius 3 is 1.86 bits per heavy atom. The van der Waals surface area contributed by atoms with Crippen LogP contribution in [-0.2, 0) is 0 Å². The van der Waals surface area contributed by atoms with E-state index in [1.54, 1.807) is 0 Å². The van der Waals surface area contributed by atoms with Crippen LogP contribution < -0.4 is 0 Å². The fourth-order valence-corrected chi connectivity index (χ4v) is 6.33. The summed E-state index contributed by atoms with van der Waals surface area (Å²) in [6.45, 7) is 0. The van der Waals surface area contributed by atoms with Gasteiger partial charge in [0.05, 0.1) is 22.4 Å². The fraction of sp³-hybridized carbons (Fsp3) is 0. The van der Waals surface area contributed by atoms with E-state index >= 15 is 0 Å². The van der Waals surface area contributed by atoms with E-state index < -0.39 is 0 Å². The minimum absolute atomic E-state index is 0.679. The first-order valence-corrected chi connectivity index (χ1v) is 14.8. The lowest BCUT2D eigenvalue weighted by molar-refractivity contribution is 0.669. The van der Waals surface area contributed by atoms with Gasteiger partial charge in [-0.25, -0.2) is 9.97 Å². The molecule has 0 unspecified atom stereocenters. The first-order valence-electron chi connectivity index (χ1n) is 14.8. The predicted molar refractivity (Wildman–Crippen MR) is 180 cm³/mol. The molecule has 0 amide bonds. The number of hydrogen-bond donors (Lipinski definition) is 0. The van der Waals surface area contributed by atoms with Gasteiger partial charge in [0.1, 0.15) is 11.2 Å². The monoisotopic (exact) mass is 563 g/mol. The van der Waals surface area contributed by atoms with Crippen molar-refractivity contribution >= 4 is 43.7 Å². The largest absolute Gasteiger partial charge is 0.456 e. The molecule has 0 spiro atoms. The Morgan fingerprint density at radius 2 is 1.02 bits per heavy atom. The molecule has 0 aliphatic carbocycles. The van der Waals surface area contributed by atoms with Crippen LogP contribution in [0.3, 0.4) is 0 Å². The number of nitrogens with zero attached hydrogens (tertiary/aromatic N) is 3. The summed E-state index contributed by atoms with van der Waals surface area (Å²) in [6, 6.07) is 52.5. The Labute approximate surface area is 253 Å². The molecule has 0 fully saturated rings. The van der Waals surface area contributed by atoms with Crippen LogP contribution in [0.2, 0.25) is 0 Å². The third kappa shape index (κ3) is 3.92. The van der Waals surface area contributed by atoms with Gasteiger partial charge in [0, 0.05) is 43.9 Å². The van der Waals surface area contributed by atoms with Gasteiger partial charge in [0.2, 0.25) is 0 Å². The minimum Gasteiger partial charge on any atom is -0.456 e. The topological polar surface area (TPSA) is 43.9 Å². The van der Waals surface area contributed by atoms with E-state index in [0.29, 0.717) is 5.82 Å². The Morgan fingerprint density at radius 1 is 0.409 bits per heavy atom. The van der Waals surface area contributed by atoms with Crippen molar-refractivity contribution in [1.29, 1.82) is 0 Å². The Balaban J connectivity index is 1.27. The molecule has 0 radical (unpaired) electrons. The first kappa shape index (κ1) is 24.6. The lowest BCUT2D eigenvalue weighted by Crippen LogP contribution is -1.97. The van der Waals surface area contributed by atoms with Gasteiger partial charge in [-0.15, -0.1) is 0 Å². The van der Waals surface area contributed by atoms with Gasteiger partial charge >= 0.3 is 0 Å². The molecule has 0 atom stereocenters. The van der Waals surface area contributed by atoms with Crippen molar-refractivity contribution in [2.75, 3.05) is 0 Å². The fourth-order valence-electron chi connectivity index (χ4n) is 6.33. The Kier molecular flexibility index (Phi) is 5.47. The molecule has 6 aromatic carbocycles. The van der Waals surface area contributed by atoms with Gasteiger partial charge in [-0.2, -0.15) is 0 Å². The molecule has 0 aliphatic rings. The molecule has 4 heteroatoms. The quantitative estimate of drug-likeness (QED) is 0.214. The highest BCUT2D eigenvalue weighted by atomic mass is 16.3. The van der Waals surface area contributed by atoms with E-state index in [1.165, 1.54) is 16.3 Å². The molecular weight excluding hydrogens is 538 g/mol. The zero-order valence-corrected chi connectivity index (χ0v) is 23.7. The molecule has 9 aromatic rings. The molecule has 0 saturated carbocycles. The average molecular weight is 564 g/mol. The number of rotatable bonds is 4. The molecule has 9 rings (SSSR count). The van der Waals surface area contributed by atoms with E-state index in [-0.39, 0.29) is 0 Å². The maximum absolute atomic E-state index is 6.23. The summed E-state index contributed by atoms with van der Waals surface area (Å²) in [6.07, 6.45) is 0. The second-order valence-corrected chi connectivity index (χ2v) is 11.1. The van der Waals surface area contributed by atoms with E-state index in [1.807, 2.05) is 36.4 Å². The highest BCUT2D eigenvalue weighted by Crippen LogP contribution is 2.36. The van der Waals surface area contributed by atoms with Crippen LogP contribution in [0.25, 0.3) is 83.3 Å². The zero-order valence-electron chi connectivity index (χ0n) is 23.7. The molecular formula is C40H25N3O. The number of benzene rings is 6. The molecule has 4 nitrogen and oxygen atoms in total. The maximum Gasteiger partial charge on any atom is 0.160 e. The van der Waals surface area contributed by atoms with Crippen molar-refractivity contribution in [2.24, 2.45) is 0 Å². The second-order valence-electron chi connectivity index (χ2n) is 11.1. The van der Waals surface area contributed by atoms with Gasteiger partial charge in [-0.05, 0) is 48.5 Å². The second kappa shape index (κ2) is 9.79. The van der Waals surface area contributed by atoms with E-state index in [4.69, 9.17) is 14.4 Å². The lowest BCUT2D eigenvalue weighted by atomic mass is 10.0. The van der Waals surface area contributed by atoms with Gasteiger partial charge in [-0.3, -0.25) is 0 Å². The number of aromatic nitrogens is 3. The smallest absolute Gasteiger partial charge is 0.160 e. The summed E-state index contributed by atoms with van der Waals surface area (Å²) in [5.74, 6) is 0.679. The van der Waals surface area contributed by atoms with Crippen molar-refractivity contribution in [3.05, 3.63) is 152 Å². The SMILES string of the molecule is c1ccc(-c2cc(-c3ccc4c(c3)oc3ccccc34)nc(-c3ccc4c5ccccc5n(-c5ccccc5)c4c3)n2)cc1. The summed E-state index contributed by atoms with van der Waals surface area (Å²) in [4.78, 5) is 10.3. The third-order valence-electron chi connectivity index (χ3n) is 8.42. The maximum atomic E-state index is 6.23. The molecule has 0 bridgehead atoms. The molecule has 0 aliphatic heterocycles. The Bertz CT molecular complexity index is 2490. The van der Waals surface area contributed by atoms with E-state index in [0.717, 1.165) is 61.2 Å². The van der Waals surface area contributed by atoms with Crippen LogP contribution in [0.5, 0.6) is 0 Å².